The van der Waals surface area contributed by atoms with Crippen LogP contribution in [0.25, 0.3) is 10.9 Å². The number of halogens is 4. The van der Waals surface area contributed by atoms with E-state index < -0.39 is 11.7 Å². The van der Waals surface area contributed by atoms with Crippen LogP contribution in [0, 0.1) is 17.1 Å². The fourth-order valence-corrected chi connectivity index (χ4v) is 4.34. The van der Waals surface area contributed by atoms with E-state index in [1.54, 1.807) is 25.3 Å². The van der Waals surface area contributed by atoms with E-state index in [0.29, 0.717) is 15.9 Å². The number of methoxy groups -OCH3 is 1. The van der Waals surface area contributed by atoms with Crippen molar-refractivity contribution in [1.29, 1.82) is 5.26 Å². The van der Waals surface area contributed by atoms with Crippen molar-refractivity contribution in [2.75, 3.05) is 7.11 Å². The third-order valence-electron chi connectivity index (χ3n) is 4.96. The predicted molar refractivity (Wildman–Crippen MR) is 131 cm³/mol. The van der Waals surface area contributed by atoms with Gasteiger partial charge in [0.15, 0.2) is 11.6 Å². The zero-order chi connectivity index (χ0) is 24.4. The van der Waals surface area contributed by atoms with E-state index in [4.69, 9.17) is 37.9 Å². The second-order valence-corrected chi connectivity index (χ2v) is 8.78. The van der Waals surface area contributed by atoms with Crippen LogP contribution < -0.4 is 14.8 Å². The lowest BCUT2D eigenvalue weighted by atomic mass is 10.2. The van der Waals surface area contributed by atoms with Crippen molar-refractivity contribution in [2.24, 2.45) is 0 Å². The summed E-state index contributed by atoms with van der Waals surface area (Å²) < 4.78 is 26.8. The molecule has 4 aromatic rings. The van der Waals surface area contributed by atoms with Gasteiger partial charge in [0.2, 0.25) is 0 Å². The Labute approximate surface area is 212 Å². The molecule has 1 amide bonds. The Bertz CT molecular complexity index is 1470. The summed E-state index contributed by atoms with van der Waals surface area (Å²) in [5.74, 6) is -0.607. The van der Waals surface area contributed by atoms with Crippen LogP contribution in [0.2, 0.25) is 10.0 Å². The molecule has 34 heavy (non-hydrogen) atoms. The molecule has 0 aliphatic carbocycles. The Morgan fingerprint density at radius 2 is 2.00 bits per heavy atom. The first-order valence-electron chi connectivity index (χ1n) is 9.79. The number of hydrogen-bond donors (Lipinski definition) is 2. The van der Waals surface area contributed by atoms with E-state index in [0.717, 1.165) is 10.9 Å². The minimum atomic E-state index is -0.740. The van der Waals surface area contributed by atoms with E-state index in [9.17, 15) is 4.79 Å². The van der Waals surface area contributed by atoms with E-state index in [-0.39, 0.29) is 39.2 Å². The predicted octanol–water partition coefficient (Wildman–Crippen LogP) is 6.98. The molecule has 172 valence electrons. The van der Waals surface area contributed by atoms with Gasteiger partial charge in [0, 0.05) is 28.0 Å². The number of fused-ring (bicyclic) bond motifs is 1. The molecule has 4 rings (SSSR count). The highest BCUT2D eigenvalue weighted by Crippen LogP contribution is 2.36. The monoisotopic (exact) mass is 561 g/mol. The van der Waals surface area contributed by atoms with Crippen LogP contribution in [-0.4, -0.2) is 18.0 Å². The largest absolute Gasteiger partial charge is 0.496 e. The van der Waals surface area contributed by atoms with E-state index >= 15 is 4.39 Å². The zero-order valence-corrected chi connectivity index (χ0v) is 20.6. The van der Waals surface area contributed by atoms with Gasteiger partial charge in [-0.05, 0) is 58.4 Å². The lowest BCUT2D eigenvalue weighted by molar-refractivity contribution is 0.0946. The van der Waals surface area contributed by atoms with Gasteiger partial charge in [-0.2, -0.15) is 5.26 Å². The van der Waals surface area contributed by atoms with E-state index in [2.05, 4.69) is 26.2 Å². The fraction of sp³-hybridized carbons (Fsp3) is 0.0833. The van der Waals surface area contributed by atoms with Crippen LogP contribution >= 0.6 is 39.1 Å². The van der Waals surface area contributed by atoms with E-state index in [1.165, 1.54) is 30.3 Å². The van der Waals surface area contributed by atoms with Crippen molar-refractivity contribution in [3.63, 3.8) is 0 Å². The topological polar surface area (TPSA) is 87.1 Å². The van der Waals surface area contributed by atoms with Gasteiger partial charge >= 0.3 is 0 Å². The van der Waals surface area contributed by atoms with Crippen molar-refractivity contribution in [3.05, 3.63) is 85.7 Å². The summed E-state index contributed by atoms with van der Waals surface area (Å²) in [5, 5.41) is 12.8. The molecule has 2 N–H and O–H groups in total. The number of aromatic nitrogens is 1. The summed E-state index contributed by atoms with van der Waals surface area (Å²) in [6, 6.07) is 14.4. The van der Waals surface area contributed by atoms with Crippen LogP contribution in [0.1, 0.15) is 21.6 Å². The Morgan fingerprint density at radius 3 is 2.74 bits per heavy atom. The van der Waals surface area contributed by atoms with Gasteiger partial charge in [0.1, 0.15) is 17.2 Å². The molecular weight excluding hydrogens is 548 g/mol. The third kappa shape index (κ3) is 4.82. The molecule has 0 fully saturated rings. The average Bonchev–Trinajstić information content (AvgIpc) is 3.26. The quantitative estimate of drug-likeness (QED) is 0.265. The van der Waals surface area contributed by atoms with Crippen molar-refractivity contribution in [2.45, 2.75) is 6.54 Å². The summed E-state index contributed by atoms with van der Waals surface area (Å²) in [7, 11) is 1.56. The lowest BCUT2D eigenvalue weighted by Crippen LogP contribution is -2.23. The number of ether oxygens (including phenoxy) is 2. The molecule has 0 aliphatic rings. The highest BCUT2D eigenvalue weighted by molar-refractivity contribution is 9.10. The molecule has 0 bridgehead atoms. The average molecular weight is 563 g/mol. The number of H-pyrrole nitrogens is 1. The molecule has 0 unspecified atom stereocenters. The Morgan fingerprint density at radius 1 is 1.21 bits per heavy atom. The van der Waals surface area contributed by atoms with Gasteiger partial charge in [-0.25, -0.2) is 4.39 Å². The lowest BCUT2D eigenvalue weighted by Gasteiger charge is -2.13. The second-order valence-electron chi connectivity index (χ2n) is 7.15. The van der Waals surface area contributed by atoms with Crippen molar-refractivity contribution < 1.29 is 18.7 Å². The number of rotatable bonds is 6. The first-order chi connectivity index (χ1) is 16.3. The zero-order valence-electron chi connectivity index (χ0n) is 17.5. The summed E-state index contributed by atoms with van der Waals surface area (Å²) >= 11 is 15.6. The highest BCUT2D eigenvalue weighted by atomic mass is 79.9. The normalized spacial score (nSPS) is 10.7. The summed E-state index contributed by atoms with van der Waals surface area (Å²) in [6.45, 7) is -0.114. The second kappa shape index (κ2) is 9.94. The molecule has 6 nitrogen and oxygen atoms in total. The van der Waals surface area contributed by atoms with Gasteiger partial charge in [0.05, 0.1) is 28.2 Å². The van der Waals surface area contributed by atoms with Crippen molar-refractivity contribution in [3.8, 4) is 23.3 Å². The molecule has 0 saturated heterocycles. The standard InChI is InChI=1S/C24H15BrCl2FN3O3/c1-33-20-5-4-18-16(21(20)25)9-19(31-18)24(32)30-11-13-2-3-17(27)23(22(13)28)34-15-7-12(10-29)6-14(26)8-15/h2-9,31H,11H2,1H3,(H,30,32). The van der Waals surface area contributed by atoms with Crippen LogP contribution in [0.3, 0.4) is 0 Å². The molecule has 0 radical (unpaired) electrons. The summed E-state index contributed by atoms with van der Waals surface area (Å²) in [4.78, 5) is 15.7. The fourth-order valence-electron chi connectivity index (χ4n) is 3.31. The van der Waals surface area contributed by atoms with Gasteiger partial charge in [0.25, 0.3) is 5.91 Å². The summed E-state index contributed by atoms with van der Waals surface area (Å²) in [5.41, 5.74) is 1.46. The molecule has 0 spiro atoms. The number of aromatic amines is 1. The van der Waals surface area contributed by atoms with Crippen molar-refractivity contribution >= 4 is 55.9 Å². The Kier molecular flexibility index (Phi) is 6.98. The third-order valence-corrected chi connectivity index (χ3v) is 6.29. The molecule has 1 heterocycles. The molecule has 3 aromatic carbocycles. The molecule has 0 saturated carbocycles. The molecule has 0 atom stereocenters. The minimum absolute atomic E-state index is 0.0282. The SMILES string of the molecule is COc1ccc2[nH]c(C(=O)NCc3ccc(Cl)c(Oc4cc(Cl)cc(C#N)c4)c3F)cc2c1Br. The first kappa shape index (κ1) is 23.9. The van der Waals surface area contributed by atoms with E-state index in [1.807, 2.05) is 6.07 Å². The number of hydrogen-bond acceptors (Lipinski definition) is 4. The molecular formula is C24H15BrCl2FN3O3. The van der Waals surface area contributed by atoms with Gasteiger partial charge in [-0.15, -0.1) is 0 Å². The molecule has 0 aliphatic heterocycles. The van der Waals surface area contributed by atoms with Crippen LogP contribution in [0.4, 0.5) is 4.39 Å². The Balaban J connectivity index is 1.54. The maximum absolute atomic E-state index is 15.2. The summed E-state index contributed by atoms with van der Waals surface area (Å²) in [6.07, 6.45) is 0. The molecule has 10 heteroatoms. The highest BCUT2D eigenvalue weighted by Gasteiger charge is 2.18. The van der Waals surface area contributed by atoms with Crippen LogP contribution in [0.5, 0.6) is 17.2 Å². The maximum atomic E-state index is 15.2. The van der Waals surface area contributed by atoms with Crippen LogP contribution in [-0.2, 0) is 6.54 Å². The van der Waals surface area contributed by atoms with Crippen molar-refractivity contribution in [1.82, 2.24) is 10.3 Å². The number of nitrogens with one attached hydrogen (secondary N) is 2. The number of nitrogens with zero attached hydrogens (tertiary/aromatic N) is 1. The number of carbonyl (C=O) groups is 1. The number of nitriles is 1. The smallest absolute Gasteiger partial charge is 0.267 e. The Hall–Kier alpha value is -3.25. The minimum Gasteiger partial charge on any atom is -0.496 e. The number of carbonyl (C=O) groups excluding carboxylic acids is 1. The van der Waals surface area contributed by atoms with Gasteiger partial charge in [-0.3, -0.25) is 4.79 Å². The molecule has 1 aromatic heterocycles. The first-order valence-corrected chi connectivity index (χ1v) is 11.3. The van der Waals surface area contributed by atoms with Gasteiger partial charge < -0.3 is 19.8 Å². The van der Waals surface area contributed by atoms with Crippen LogP contribution in [0.15, 0.2) is 53.0 Å². The maximum Gasteiger partial charge on any atom is 0.267 e. The number of benzene rings is 3. The van der Waals surface area contributed by atoms with Gasteiger partial charge in [-0.1, -0.05) is 29.3 Å². The number of amides is 1.